The summed E-state index contributed by atoms with van der Waals surface area (Å²) in [6.07, 6.45) is 0.861. The van der Waals surface area contributed by atoms with Gasteiger partial charge in [-0.2, -0.15) is 0 Å². The molecule has 0 spiro atoms. The SMILES string of the molecule is COc1cccc2sc(C(=O)N3CCCOCC3)c(N)c12. The smallest absolute Gasteiger partial charge is 0.266 e. The van der Waals surface area contributed by atoms with Crippen LogP contribution in [0.15, 0.2) is 18.2 Å². The van der Waals surface area contributed by atoms with Crippen LogP contribution in [-0.2, 0) is 4.74 Å². The van der Waals surface area contributed by atoms with E-state index in [0.717, 1.165) is 16.5 Å². The van der Waals surface area contributed by atoms with Gasteiger partial charge in [-0.3, -0.25) is 4.79 Å². The number of rotatable bonds is 2. The first kappa shape index (κ1) is 14.2. The van der Waals surface area contributed by atoms with Crippen LogP contribution in [0.25, 0.3) is 10.1 Å². The number of nitrogens with two attached hydrogens (primary N) is 1. The first-order valence-electron chi connectivity index (χ1n) is 6.94. The summed E-state index contributed by atoms with van der Waals surface area (Å²) in [6, 6.07) is 5.73. The van der Waals surface area contributed by atoms with Crippen LogP contribution >= 0.6 is 11.3 Å². The average molecular weight is 306 g/mol. The lowest BCUT2D eigenvalue weighted by atomic mass is 10.2. The Hall–Kier alpha value is -1.79. The first-order chi connectivity index (χ1) is 10.2. The molecule has 112 valence electrons. The molecule has 0 radical (unpaired) electrons. The van der Waals surface area contributed by atoms with E-state index in [2.05, 4.69) is 0 Å². The van der Waals surface area contributed by atoms with Crippen LogP contribution in [0.4, 0.5) is 5.69 Å². The molecule has 0 aliphatic carbocycles. The predicted octanol–water partition coefficient (Wildman–Crippen LogP) is 2.35. The largest absolute Gasteiger partial charge is 0.496 e. The number of ether oxygens (including phenoxy) is 2. The minimum absolute atomic E-state index is 0.0127. The number of carbonyl (C=O) groups excluding carboxylic acids is 1. The minimum Gasteiger partial charge on any atom is -0.496 e. The molecule has 2 aromatic rings. The highest BCUT2D eigenvalue weighted by atomic mass is 32.1. The summed E-state index contributed by atoms with van der Waals surface area (Å²) in [5, 5.41) is 0.833. The quantitative estimate of drug-likeness (QED) is 0.925. The van der Waals surface area contributed by atoms with Gasteiger partial charge in [-0.1, -0.05) is 6.07 Å². The number of methoxy groups -OCH3 is 1. The van der Waals surface area contributed by atoms with E-state index in [-0.39, 0.29) is 5.91 Å². The maximum atomic E-state index is 12.7. The van der Waals surface area contributed by atoms with Gasteiger partial charge < -0.3 is 20.1 Å². The summed E-state index contributed by atoms with van der Waals surface area (Å²) >= 11 is 1.42. The third-order valence-electron chi connectivity index (χ3n) is 3.64. The normalized spacial score (nSPS) is 16.0. The lowest BCUT2D eigenvalue weighted by Gasteiger charge is -2.18. The highest BCUT2D eigenvalue weighted by molar-refractivity contribution is 7.21. The van der Waals surface area contributed by atoms with Crippen molar-refractivity contribution >= 4 is 33.0 Å². The predicted molar refractivity (Wildman–Crippen MR) is 84.1 cm³/mol. The van der Waals surface area contributed by atoms with E-state index >= 15 is 0 Å². The topological polar surface area (TPSA) is 64.8 Å². The van der Waals surface area contributed by atoms with Crippen molar-refractivity contribution in [3.05, 3.63) is 23.1 Å². The molecule has 0 saturated carbocycles. The number of thiophene rings is 1. The molecule has 1 aliphatic rings. The van der Waals surface area contributed by atoms with Gasteiger partial charge in [0.2, 0.25) is 0 Å². The maximum absolute atomic E-state index is 12.7. The molecular formula is C15H18N2O3S. The Bertz CT molecular complexity index is 660. The highest BCUT2D eigenvalue weighted by Crippen LogP contribution is 2.39. The molecule has 3 rings (SSSR count). The summed E-state index contributed by atoms with van der Waals surface area (Å²) in [4.78, 5) is 15.1. The lowest BCUT2D eigenvalue weighted by molar-refractivity contribution is 0.0747. The van der Waals surface area contributed by atoms with Crippen LogP contribution in [0.1, 0.15) is 16.1 Å². The third kappa shape index (κ3) is 2.56. The molecule has 21 heavy (non-hydrogen) atoms. The molecule has 1 fully saturated rings. The standard InChI is InChI=1S/C15H18N2O3S/c1-19-10-4-2-5-11-12(10)13(16)14(21-11)15(18)17-6-3-8-20-9-7-17/h2,4-5H,3,6-9,16H2,1H3. The number of benzene rings is 1. The molecular weight excluding hydrogens is 288 g/mol. The van der Waals surface area contributed by atoms with Gasteiger partial charge in [0.1, 0.15) is 10.6 Å². The summed E-state index contributed by atoms with van der Waals surface area (Å²) < 4.78 is 11.7. The molecule has 1 aliphatic heterocycles. The van der Waals surface area contributed by atoms with Crippen LogP contribution in [-0.4, -0.2) is 44.2 Å². The average Bonchev–Trinajstić information content (AvgIpc) is 2.70. The van der Waals surface area contributed by atoms with Gasteiger partial charge in [0.05, 0.1) is 24.8 Å². The van der Waals surface area contributed by atoms with Crippen molar-refractivity contribution in [2.24, 2.45) is 0 Å². The number of hydrogen-bond donors (Lipinski definition) is 1. The zero-order chi connectivity index (χ0) is 14.8. The molecule has 5 nitrogen and oxygen atoms in total. The Labute approximate surface area is 127 Å². The molecule has 2 heterocycles. The molecule has 2 N–H and O–H groups in total. The van der Waals surface area contributed by atoms with Crippen molar-refractivity contribution in [1.82, 2.24) is 4.90 Å². The number of fused-ring (bicyclic) bond motifs is 1. The Kier molecular flexibility index (Phi) is 3.98. The number of carbonyl (C=O) groups is 1. The first-order valence-corrected chi connectivity index (χ1v) is 7.76. The zero-order valence-corrected chi connectivity index (χ0v) is 12.7. The maximum Gasteiger partial charge on any atom is 0.266 e. The number of anilines is 1. The van der Waals surface area contributed by atoms with Crippen molar-refractivity contribution < 1.29 is 14.3 Å². The van der Waals surface area contributed by atoms with Crippen LogP contribution in [0.3, 0.4) is 0 Å². The fourth-order valence-corrected chi connectivity index (χ4v) is 3.67. The number of hydrogen-bond acceptors (Lipinski definition) is 5. The van der Waals surface area contributed by atoms with Gasteiger partial charge >= 0.3 is 0 Å². The third-order valence-corrected chi connectivity index (χ3v) is 4.80. The van der Waals surface area contributed by atoms with Crippen LogP contribution in [0.2, 0.25) is 0 Å². The van der Waals surface area contributed by atoms with E-state index in [0.29, 0.717) is 42.6 Å². The van der Waals surface area contributed by atoms with E-state index in [1.165, 1.54) is 11.3 Å². The molecule has 0 unspecified atom stereocenters. The molecule has 0 bridgehead atoms. The van der Waals surface area contributed by atoms with E-state index in [1.54, 1.807) is 7.11 Å². The molecule has 1 saturated heterocycles. The van der Waals surface area contributed by atoms with Crippen molar-refractivity contribution in [3.8, 4) is 5.75 Å². The van der Waals surface area contributed by atoms with Crippen molar-refractivity contribution in [3.63, 3.8) is 0 Å². The Morgan fingerprint density at radius 3 is 3.05 bits per heavy atom. The molecule has 1 amide bonds. The summed E-state index contributed by atoms with van der Waals surface area (Å²) in [5.74, 6) is 0.695. The van der Waals surface area contributed by atoms with Crippen molar-refractivity contribution in [2.75, 3.05) is 39.1 Å². The van der Waals surface area contributed by atoms with Gasteiger partial charge in [0.15, 0.2) is 0 Å². The molecule has 0 atom stereocenters. The van der Waals surface area contributed by atoms with Gasteiger partial charge in [-0.25, -0.2) is 0 Å². The number of nitrogen functional groups attached to an aromatic ring is 1. The molecule has 1 aromatic carbocycles. The Balaban J connectivity index is 2.00. The fourth-order valence-electron chi connectivity index (χ4n) is 2.56. The van der Waals surface area contributed by atoms with E-state index in [1.807, 2.05) is 23.1 Å². The fraction of sp³-hybridized carbons (Fsp3) is 0.400. The second-order valence-electron chi connectivity index (χ2n) is 4.94. The summed E-state index contributed by atoms with van der Waals surface area (Å²) in [7, 11) is 1.61. The zero-order valence-electron chi connectivity index (χ0n) is 11.9. The Morgan fingerprint density at radius 1 is 1.38 bits per heavy atom. The van der Waals surface area contributed by atoms with Gasteiger partial charge in [-0.05, 0) is 18.6 Å². The van der Waals surface area contributed by atoms with Crippen LogP contribution < -0.4 is 10.5 Å². The van der Waals surface area contributed by atoms with E-state index in [4.69, 9.17) is 15.2 Å². The van der Waals surface area contributed by atoms with Crippen LogP contribution in [0, 0.1) is 0 Å². The van der Waals surface area contributed by atoms with Crippen LogP contribution in [0.5, 0.6) is 5.75 Å². The van der Waals surface area contributed by atoms with Crippen molar-refractivity contribution in [1.29, 1.82) is 0 Å². The minimum atomic E-state index is -0.0127. The number of amides is 1. The van der Waals surface area contributed by atoms with Gasteiger partial charge in [0.25, 0.3) is 5.91 Å². The van der Waals surface area contributed by atoms with Crippen molar-refractivity contribution in [2.45, 2.75) is 6.42 Å². The Morgan fingerprint density at radius 2 is 2.24 bits per heavy atom. The van der Waals surface area contributed by atoms with E-state index in [9.17, 15) is 4.79 Å². The lowest BCUT2D eigenvalue weighted by Crippen LogP contribution is -2.33. The molecule has 1 aromatic heterocycles. The molecule has 6 heteroatoms. The monoisotopic (exact) mass is 306 g/mol. The van der Waals surface area contributed by atoms with E-state index < -0.39 is 0 Å². The summed E-state index contributed by atoms with van der Waals surface area (Å²) in [5.41, 5.74) is 6.73. The highest BCUT2D eigenvalue weighted by Gasteiger charge is 2.24. The summed E-state index contributed by atoms with van der Waals surface area (Å²) in [6.45, 7) is 2.62. The number of nitrogens with zero attached hydrogens (tertiary/aromatic N) is 1. The van der Waals surface area contributed by atoms with Gasteiger partial charge in [-0.15, -0.1) is 11.3 Å². The second-order valence-corrected chi connectivity index (χ2v) is 5.99. The second kappa shape index (κ2) is 5.91. The van der Waals surface area contributed by atoms with Gasteiger partial charge in [0, 0.05) is 24.4 Å².